The Hall–Kier alpha value is -2.01. The summed E-state index contributed by atoms with van der Waals surface area (Å²) in [5.74, 6) is 0.866. The van der Waals surface area contributed by atoms with Crippen molar-refractivity contribution in [2.75, 3.05) is 19.6 Å². The third kappa shape index (κ3) is 3.12. The molecule has 1 saturated heterocycles. The van der Waals surface area contributed by atoms with E-state index in [1.807, 2.05) is 28.0 Å². The number of hydrogen-bond acceptors (Lipinski definition) is 2. The first-order chi connectivity index (χ1) is 13.1. The molecule has 2 aromatic rings. The lowest BCUT2D eigenvalue weighted by Gasteiger charge is -2.35. The first kappa shape index (κ1) is 17.1. The maximum atomic E-state index is 13.1. The van der Waals surface area contributed by atoms with Crippen molar-refractivity contribution >= 4 is 34.3 Å². The first-order valence-corrected chi connectivity index (χ1v) is 10.3. The predicted octanol–water partition coefficient (Wildman–Crippen LogP) is 3.35. The van der Waals surface area contributed by atoms with Crippen molar-refractivity contribution in [1.82, 2.24) is 14.8 Å². The normalized spacial score (nSPS) is 20.8. The first-order valence-electron chi connectivity index (χ1n) is 9.96. The predicted molar refractivity (Wildman–Crippen MR) is 104 cm³/mol. The molecule has 1 aromatic carbocycles. The highest BCUT2D eigenvalue weighted by molar-refractivity contribution is 6.31. The molecule has 0 radical (unpaired) electrons. The summed E-state index contributed by atoms with van der Waals surface area (Å²) in [6, 6.07) is 5.89. The summed E-state index contributed by atoms with van der Waals surface area (Å²) in [6.45, 7) is 2.87. The van der Waals surface area contributed by atoms with Gasteiger partial charge in [-0.25, -0.2) is 0 Å². The van der Waals surface area contributed by atoms with Crippen molar-refractivity contribution in [3.63, 3.8) is 0 Å². The van der Waals surface area contributed by atoms with Gasteiger partial charge in [-0.15, -0.1) is 0 Å². The van der Waals surface area contributed by atoms with E-state index in [2.05, 4.69) is 4.98 Å². The second-order valence-corrected chi connectivity index (χ2v) is 8.59. The lowest BCUT2D eigenvalue weighted by Crippen LogP contribution is -2.46. The smallest absolute Gasteiger partial charge is 0.226 e. The van der Waals surface area contributed by atoms with Crippen molar-refractivity contribution in [1.29, 1.82) is 0 Å². The zero-order valence-electron chi connectivity index (χ0n) is 15.3. The largest absolute Gasteiger partial charge is 0.358 e. The number of aromatic nitrogens is 1. The zero-order chi connectivity index (χ0) is 18.5. The molecule has 6 heteroatoms. The topological polar surface area (TPSA) is 56.4 Å². The third-order valence-electron chi connectivity index (χ3n) is 6.33. The number of rotatable bonds is 2. The summed E-state index contributed by atoms with van der Waals surface area (Å²) in [4.78, 5) is 32.8. The van der Waals surface area contributed by atoms with Crippen LogP contribution in [0.3, 0.4) is 0 Å². The van der Waals surface area contributed by atoms with Crippen LogP contribution < -0.4 is 0 Å². The number of nitrogens with one attached hydrogen (secondary N) is 1. The fourth-order valence-corrected chi connectivity index (χ4v) is 4.74. The second-order valence-electron chi connectivity index (χ2n) is 8.16. The lowest BCUT2D eigenvalue weighted by molar-refractivity contribution is -0.141. The van der Waals surface area contributed by atoms with Crippen molar-refractivity contribution < 1.29 is 9.59 Å². The number of likely N-dealkylation sites (tertiary alicyclic amines) is 1. The number of nitrogens with zero attached hydrogens (tertiary/aromatic N) is 2. The number of halogens is 1. The molecule has 1 N–H and O–H groups in total. The molecule has 0 unspecified atom stereocenters. The molecule has 2 fully saturated rings. The average molecular weight is 386 g/mol. The van der Waals surface area contributed by atoms with Gasteiger partial charge >= 0.3 is 0 Å². The number of fused-ring (bicyclic) bond motifs is 3. The molecule has 1 aliphatic carbocycles. The molecule has 5 rings (SSSR count). The molecule has 2 amide bonds. The van der Waals surface area contributed by atoms with Crippen molar-refractivity contribution in [2.45, 2.75) is 38.6 Å². The Labute approximate surface area is 163 Å². The molecule has 3 heterocycles. The van der Waals surface area contributed by atoms with Gasteiger partial charge in [0.15, 0.2) is 0 Å². The van der Waals surface area contributed by atoms with E-state index in [-0.39, 0.29) is 17.7 Å². The number of benzene rings is 1. The van der Waals surface area contributed by atoms with E-state index in [1.54, 1.807) is 0 Å². The fraction of sp³-hybridized carbons (Fsp3) is 0.524. The molecule has 0 atom stereocenters. The summed E-state index contributed by atoms with van der Waals surface area (Å²) >= 11 is 6.18. The van der Waals surface area contributed by atoms with Crippen LogP contribution in [-0.4, -0.2) is 46.2 Å². The number of H-pyrrole nitrogens is 1. The van der Waals surface area contributed by atoms with E-state index in [0.29, 0.717) is 12.5 Å². The van der Waals surface area contributed by atoms with E-state index in [0.717, 1.165) is 67.7 Å². The molecule has 2 aliphatic heterocycles. The number of piperidine rings is 1. The van der Waals surface area contributed by atoms with Gasteiger partial charge in [-0.2, -0.15) is 0 Å². The Morgan fingerprint density at radius 2 is 1.67 bits per heavy atom. The summed E-state index contributed by atoms with van der Waals surface area (Å²) in [5.41, 5.74) is 3.51. The van der Waals surface area contributed by atoms with Crippen LogP contribution in [0.5, 0.6) is 0 Å². The highest BCUT2D eigenvalue weighted by atomic mass is 35.5. The molecule has 0 bridgehead atoms. The van der Waals surface area contributed by atoms with E-state index in [1.165, 1.54) is 11.3 Å². The van der Waals surface area contributed by atoms with E-state index in [4.69, 9.17) is 11.6 Å². The molecular formula is C21H24ClN3O2. The summed E-state index contributed by atoms with van der Waals surface area (Å²) in [6.07, 6.45) is 4.53. The standard InChI is InChI=1S/C21H24ClN3O2/c22-15-3-4-18-16(11-15)17-12-25(10-7-19(17)23-18)21(27)14-5-8-24(9-6-14)20(26)13-1-2-13/h3-4,11,13-14,23H,1-2,5-10,12H2. The van der Waals surface area contributed by atoms with Crippen LogP contribution in [0.2, 0.25) is 5.02 Å². The van der Waals surface area contributed by atoms with E-state index < -0.39 is 0 Å². The number of hydrogen-bond donors (Lipinski definition) is 1. The SMILES string of the molecule is O=C(C1CC1)N1CCC(C(=O)N2CCc3[nH]c4ccc(Cl)cc4c3C2)CC1. The highest BCUT2D eigenvalue weighted by Gasteiger charge is 2.37. The number of carbonyl (C=O) groups excluding carboxylic acids is 2. The Morgan fingerprint density at radius 3 is 2.41 bits per heavy atom. The van der Waals surface area contributed by atoms with Gasteiger partial charge < -0.3 is 14.8 Å². The van der Waals surface area contributed by atoms with Crippen LogP contribution >= 0.6 is 11.6 Å². The minimum Gasteiger partial charge on any atom is -0.358 e. The quantitative estimate of drug-likeness (QED) is 0.861. The fourth-order valence-electron chi connectivity index (χ4n) is 4.57. The average Bonchev–Trinajstić information content (AvgIpc) is 3.48. The number of amides is 2. The second kappa shape index (κ2) is 6.55. The molecule has 1 saturated carbocycles. The Morgan fingerprint density at radius 1 is 0.963 bits per heavy atom. The molecule has 0 spiro atoms. The van der Waals surface area contributed by atoms with Crippen LogP contribution in [-0.2, 0) is 22.6 Å². The Bertz CT molecular complexity index is 910. The third-order valence-corrected chi connectivity index (χ3v) is 6.57. The van der Waals surface area contributed by atoms with Gasteiger partial charge in [-0.05, 0) is 43.9 Å². The van der Waals surface area contributed by atoms with Crippen molar-refractivity contribution in [2.24, 2.45) is 11.8 Å². The molecule has 142 valence electrons. The number of carbonyl (C=O) groups is 2. The Balaban J connectivity index is 1.27. The van der Waals surface area contributed by atoms with E-state index >= 15 is 0 Å². The maximum Gasteiger partial charge on any atom is 0.226 e. The van der Waals surface area contributed by atoms with E-state index in [9.17, 15) is 9.59 Å². The van der Waals surface area contributed by atoms with Gasteiger partial charge in [0.05, 0.1) is 0 Å². The zero-order valence-corrected chi connectivity index (χ0v) is 16.1. The molecule has 27 heavy (non-hydrogen) atoms. The Kier molecular flexibility index (Phi) is 4.15. The van der Waals surface area contributed by atoms with Crippen LogP contribution in [0.25, 0.3) is 10.9 Å². The minimum atomic E-state index is 0.0450. The minimum absolute atomic E-state index is 0.0450. The molecule has 1 aromatic heterocycles. The van der Waals surface area contributed by atoms with Gasteiger partial charge in [-0.3, -0.25) is 9.59 Å². The van der Waals surface area contributed by atoms with Crippen LogP contribution in [0, 0.1) is 11.8 Å². The number of aromatic amines is 1. The van der Waals surface area contributed by atoms with Gasteiger partial charge in [-0.1, -0.05) is 11.6 Å². The van der Waals surface area contributed by atoms with Crippen molar-refractivity contribution in [3.8, 4) is 0 Å². The van der Waals surface area contributed by atoms with Crippen LogP contribution in [0.4, 0.5) is 0 Å². The molecule has 5 nitrogen and oxygen atoms in total. The van der Waals surface area contributed by atoms with Gasteiger partial charge in [0.25, 0.3) is 0 Å². The maximum absolute atomic E-state index is 13.1. The summed E-state index contributed by atoms with van der Waals surface area (Å²) in [5, 5.41) is 1.85. The summed E-state index contributed by atoms with van der Waals surface area (Å²) < 4.78 is 0. The van der Waals surface area contributed by atoms with Gasteiger partial charge in [0.2, 0.25) is 11.8 Å². The molecule has 3 aliphatic rings. The monoisotopic (exact) mass is 385 g/mol. The summed E-state index contributed by atoms with van der Waals surface area (Å²) in [7, 11) is 0. The van der Waals surface area contributed by atoms with Crippen LogP contribution in [0.1, 0.15) is 36.9 Å². The van der Waals surface area contributed by atoms with Gasteiger partial charge in [0, 0.05) is 71.6 Å². The lowest BCUT2D eigenvalue weighted by atomic mass is 9.93. The highest BCUT2D eigenvalue weighted by Crippen LogP contribution is 2.34. The van der Waals surface area contributed by atoms with Gasteiger partial charge in [0.1, 0.15) is 0 Å². The van der Waals surface area contributed by atoms with Crippen molar-refractivity contribution in [3.05, 3.63) is 34.5 Å². The molecular weight excluding hydrogens is 362 g/mol. The van der Waals surface area contributed by atoms with Crippen LogP contribution in [0.15, 0.2) is 18.2 Å².